The summed E-state index contributed by atoms with van der Waals surface area (Å²) in [5.74, 6) is -0.971. The summed E-state index contributed by atoms with van der Waals surface area (Å²) in [6.45, 7) is 6.48. The lowest BCUT2D eigenvalue weighted by atomic mass is 9.74. The zero-order valence-corrected chi connectivity index (χ0v) is 23.5. The maximum Gasteiger partial charge on any atom is 0.246 e. The molecule has 3 aliphatic heterocycles. The van der Waals surface area contributed by atoms with Crippen LogP contribution in [0.2, 0.25) is 0 Å². The molecule has 2 bridgehead atoms. The summed E-state index contributed by atoms with van der Waals surface area (Å²) in [6.07, 6.45) is 12.7. The van der Waals surface area contributed by atoms with Gasteiger partial charge in [-0.3, -0.25) is 14.4 Å². The summed E-state index contributed by atoms with van der Waals surface area (Å²) in [4.78, 5) is 44.0. The number of ether oxygens (including phenoxy) is 1. The first-order valence-corrected chi connectivity index (χ1v) is 15.2. The molecule has 210 valence electrons. The first-order chi connectivity index (χ1) is 18.8. The molecular weight excluding hydrogens is 490 g/mol. The largest absolute Gasteiger partial charge is 0.359 e. The zero-order chi connectivity index (χ0) is 27.3. The first-order valence-electron chi connectivity index (χ1n) is 15.2. The molecule has 0 unspecified atom stereocenters. The van der Waals surface area contributed by atoms with Crippen molar-refractivity contribution in [3.05, 3.63) is 42.0 Å². The molecule has 7 nitrogen and oxygen atoms in total. The van der Waals surface area contributed by atoms with E-state index in [4.69, 9.17) is 4.74 Å². The van der Waals surface area contributed by atoms with Crippen molar-refractivity contribution in [1.29, 1.82) is 0 Å². The Bertz CT molecular complexity index is 1140. The molecule has 3 heterocycles. The van der Waals surface area contributed by atoms with Crippen LogP contribution < -0.4 is 10.6 Å². The fourth-order valence-electron chi connectivity index (χ4n) is 7.93. The highest BCUT2D eigenvalue weighted by Gasteiger charge is 2.73. The predicted molar refractivity (Wildman–Crippen MR) is 150 cm³/mol. The Balaban J connectivity index is 1.29. The molecule has 6 rings (SSSR count). The van der Waals surface area contributed by atoms with Crippen molar-refractivity contribution in [2.45, 2.75) is 114 Å². The van der Waals surface area contributed by atoms with Gasteiger partial charge in [-0.15, -0.1) is 0 Å². The van der Waals surface area contributed by atoms with E-state index in [-0.39, 0.29) is 29.8 Å². The molecule has 2 aliphatic carbocycles. The van der Waals surface area contributed by atoms with Gasteiger partial charge in [-0.1, -0.05) is 77.2 Å². The molecule has 4 fully saturated rings. The highest BCUT2D eigenvalue weighted by atomic mass is 16.5. The second-order valence-electron chi connectivity index (χ2n) is 12.9. The molecule has 2 N–H and O–H groups in total. The molecule has 7 heteroatoms. The molecule has 39 heavy (non-hydrogen) atoms. The summed E-state index contributed by atoms with van der Waals surface area (Å²) >= 11 is 0. The summed E-state index contributed by atoms with van der Waals surface area (Å²) in [5.41, 5.74) is 0.818. The highest BCUT2D eigenvalue weighted by molar-refractivity contribution is 6.03. The molecule has 1 spiro atoms. The predicted octanol–water partition coefficient (Wildman–Crippen LogP) is 4.93. The lowest BCUT2D eigenvalue weighted by molar-refractivity contribution is -0.145. The highest BCUT2D eigenvalue weighted by Crippen LogP contribution is 2.56. The van der Waals surface area contributed by atoms with Crippen LogP contribution in [0, 0.1) is 17.8 Å². The number of carbonyl (C=O) groups is 3. The first kappa shape index (κ1) is 26.5. The van der Waals surface area contributed by atoms with Gasteiger partial charge in [0.1, 0.15) is 11.6 Å². The van der Waals surface area contributed by atoms with Crippen molar-refractivity contribution < 1.29 is 19.1 Å². The molecule has 1 aromatic carbocycles. The second-order valence-corrected chi connectivity index (χ2v) is 12.9. The van der Waals surface area contributed by atoms with Crippen molar-refractivity contribution in [3.63, 3.8) is 0 Å². The number of benzene rings is 1. The minimum Gasteiger partial charge on any atom is -0.359 e. The van der Waals surface area contributed by atoms with Crippen molar-refractivity contribution in [1.82, 2.24) is 10.2 Å². The van der Waals surface area contributed by atoms with Gasteiger partial charge in [-0.25, -0.2) is 0 Å². The molecule has 1 aromatic rings. The van der Waals surface area contributed by atoms with Crippen molar-refractivity contribution in [3.8, 4) is 0 Å². The maximum absolute atomic E-state index is 14.3. The van der Waals surface area contributed by atoms with E-state index in [1.54, 1.807) is 0 Å². The monoisotopic (exact) mass is 533 g/mol. The van der Waals surface area contributed by atoms with Crippen molar-refractivity contribution in [2.75, 3.05) is 5.32 Å². The van der Waals surface area contributed by atoms with Crippen LogP contribution in [0.4, 0.5) is 5.69 Å². The van der Waals surface area contributed by atoms with Crippen LogP contribution in [0.5, 0.6) is 0 Å². The average molecular weight is 534 g/mol. The number of nitrogens with zero attached hydrogens (tertiary/aromatic N) is 1. The van der Waals surface area contributed by atoms with Crippen LogP contribution in [-0.2, 0) is 19.1 Å². The Hall–Kier alpha value is -2.67. The Labute approximate surface area is 232 Å². The Morgan fingerprint density at radius 1 is 0.974 bits per heavy atom. The van der Waals surface area contributed by atoms with Crippen LogP contribution in [0.3, 0.4) is 0 Å². The van der Waals surface area contributed by atoms with Crippen LogP contribution in [-0.4, -0.2) is 52.5 Å². The van der Waals surface area contributed by atoms with Gasteiger partial charge in [0.25, 0.3) is 0 Å². The summed E-state index contributed by atoms with van der Waals surface area (Å²) < 4.78 is 6.55. The van der Waals surface area contributed by atoms with E-state index >= 15 is 0 Å². The molecule has 3 amide bonds. The smallest absolute Gasteiger partial charge is 0.246 e. The third-order valence-corrected chi connectivity index (χ3v) is 10.1. The Kier molecular flexibility index (Phi) is 7.07. The van der Waals surface area contributed by atoms with Gasteiger partial charge in [0.15, 0.2) is 0 Å². The van der Waals surface area contributed by atoms with E-state index in [0.29, 0.717) is 17.5 Å². The zero-order valence-electron chi connectivity index (χ0n) is 23.5. The number of nitrogens with one attached hydrogen (secondary N) is 2. The Morgan fingerprint density at radius 2 is 1.67 bits per heavy atom. The van der Waals surface area contributed by atoms with Gasteiger partial charge in [0.05, 0.1) is 17.9 Å². The van der Waals surface area contributed by atoms with Crippen LogP contribution >= 0.6 is 0 Å². The molecule has 0 radical (unpaired) electrons. The van der Waals surface area contributed by atoms with Crippen molar-refractivity contribution >= 4 is 23.4 Å². The normalized spacial score (nSPS) is 35.9. The number of anilines is 1. The lowest BCUT2D eigenvalue weighted by Crippen LogP contribution is -2.59. The lowest BCUT2D eigenvalue weighted by Gasteiger charge is -2.40. The van der Waals surface area contributed by atoms with Gasteiger partial charge in [-0.2, -0.15) is 0 Å². The number of rotatable bonds is 6. The van der Waals surface area contributed by atoms with Gasteiger partial charge in [-0.05, 0) is 55.2 Å². The fraction of sp³-hybridized carbons (Fsp3) is 0.656. The number of carbonyl (C=O) groups excluding carboxylic acids is 3. The number of amides is 3. The minimum atomic E-state index is -1.09. The third-order valence-electron chi connectivity index (χ3n) is 10.1. The molecule has 2 saturated carbocycles. The average Bonchev–Trinajstić information content (AvgIpc) is 3.58. The molecule has 5 aliphatic rings. The summed E-state index contributed by atoms with van der Waals surface area (Å²) in [5, 5.41) is 6.39. The molecule has 2 saturated heterocycles. The van der Waals surface area contributed by atoms with E-state index in [2.05, 4.69) is 31.4 Å². The number of hydrogen-bond donors (Lipinski definition) is 2. The Morgan fingerprint density at radius 3 is 2.36 bits per heavy atom. The van der Waals surface area contributed by atoms with E-state index in [9.17, 15) is 14.4 Å². The summed E-state index contributed by atoms with van der Waals surface area (Å²) in [6, 6.07) is 7.26. The molecule has 0 aromatic heterocycles. The number of hydrogen-bond acceptors (Lipinski definition) is 4. The van der Waals surface area contributed by atoms with Crippen LogP contribution in [0.1, 0.15) is 90.0 Å². The van der Waals surface area contributed by atoms with Gasteiger partial charge < -0.3 is 20.3 Å². The number of fused-ring (bicyclic) bond motifs is 1. The molecular formula is C32H43N3O4. The third kappa shape index (κ3) is 4.51. The van der Waals surface area contributed by atoms with Gasteiger partial charge in [0.2, 0.25) is 17.7 Å². The van der Waals surface area contributed by atoms with Crippen LogP contribution in [0.25, 0.3) is 0 Å². The SMILES string of the molecule is CC(C)c1ccc(NC(=O)[C@@H]2[C@@H]3C=C[C@]4(O3)[C@@H]2C(=O)N(C2CCCCC2)[C@H]4C(=O)N[C@@H]2CCCC[C@@H]2C)cc1. The van der Waals surface area contributed by atoms with Crippen LogP contribution in [0.15, 0.2) is 36.4 Å². The van der Waals surface area contributed by atoms with Gasteiger partial charge in [0, 0.05) is 17.8 Å². The van der Waals surface area contributed by atoms with E-state index in [0.717, 1.165) is 51.4 Å². The molecule has 7 atom stereocenters. The maximum atomic E-state index is 14.3. The topological polar surface area (TPSA) is 87.7 Å². The second kappa shape index (κ2) is 10.4. The minimum absolute atomic E-state index is 0.00842. The van der Waals surface area contributed by atoms with E-state index in [1.165, 1.54) is 12.0 Å². The van der Waals surface area contributed by atoms with E-state index < -0.39 is 29.6 Å². The quantitative estimate of drug-likeness (QED) is 0.508. The van der Waals surface area contributed by atoms with Crippen molar-refractivity contribution in [2.24, 2.45) is 17.8 Å². The standard InChI is InChI=1S/C32H43N3O4/c1-19(2)21-13-15-22(16-14-21)33-29(36)26-25-17-18-32(39-25)27(26)31(38)35(23-10-5-4-6-11-23)28(32)30(37)34-24-12-8-7-9-20(24)3/h13-20,23-28H,4-12H2,1-3H3,(H,33,36)(H,34,37)/t20-,24+,25-,26+,27-,28-,32-/m0/s1. The number of likely N-dealkylation sites (tertiary alicyclic amines) is 1. The van der Waals surface area contributed by atoms with Gasteiger partial charge >= 0.3 is 0 Å². The fourth-order valence-corrected chi connectivity index (χ4v) is 7.93. The van der Waals surface area contributed by atoms with E-state index in [1.807, 2.05) is 41.3 Å². The summed E-state index contributed by atoms with van der Waals surface area (Å²) in [7, 11) is 0.